The van der Waals surface area contributed by atoms with Crippen molar-refractivity contribution in [3.63, 3.8) is 0 Å². The number of piperidine rings is 1. The van der Waals surface area contributed by atoms with E-state index in [1.54, 1.807) is 4.90 Å². The summed E-state index contributed by atoms with van der Waals surface area (Å²) in [5, 5.41) is 7.18. The predicted octanol–water partition coefficient (Wildman–Crippen LogP) is 4.55. The van der Waals surface area contributed by atoms with Crippen LogP contribution in [0.15, 0.2) is 23.3 Å². The summed E-state index contributed by atoms with van der Waals surface area (Å²) in [5.74, 6) is -5.93. The van der Waals surface area contributed by atoms with Gasteiger partial charge in [-0.15, -0.1) is 0 Å². The Labute approximate surface area is 183 Å². The van der Waals surface area contributed by atoms with Gasteiger partial charge in [-0.1, -0.05) is 13.8 Å². The highest BCUT2D eigenvalue weighted by Gasteiger charge is 2.49. The Morgan fingerprint density at radius 2 is 1.91 bits per heavy atom. The first-order chi connectivity index (χ1) is 15.1. The number of H-pyrrole nitrogens is 1. The van der Waals surface area contributed by atoms with Gasteiger partial charge >= 0.3 is 6.18 Å². The van der Waals surface area contributed by atoms with Crippen LogP contribution in [-0.4, -0.2) is 58.3 Å². The van der Waals surface area contributed by atoms with E-state index in [1.807, 2.05) is 0 Å². The molecule has 3 aliphatic rings. The molecular weight excluding hydrogens is 431 g/mol. The minimum atomic E-state index is -4.94. The standard InChI is InChI=1S/C22H27F5N4O/c1-3-30-7-6-16-14(11-30)20(29-28-16)21(32)31-8-4-13(5-9-31)17-12(2)10-15(23)19(24)18(17)22(25,26)27/h10,12-13,17H,3-9,11H2,1-2H3,(H,28,29). The molecule has 32 heavy (non-hydrogen) atoms. The van der Waals surface area contributed by atoms with Crippen LogP contribution in [0.25, 0.3) is 0 Å². The number of fused-ring (bicyclic) bond motifs is 1. The van der Waals surface area contributed by atoms with Gasteiger partial charge in [-0.05, 0) is 37.3 Å². The van der Waals surface area contributed by atoms with Crippen LogP contribution in [0.3, 0.4) is 0 Å². The maximum atomic E-state index is 14.2. The lowest BCUT2D eigenvalue weighted by molar-refractivity contribution is -0.108. The Hall–Kier alpha value is -2.23. The Morgan fingerprint density at radius 3 is 2.53 bits per heavy atom. The summed E-state index contributed by atoms with van der Waals surface area (Å²) in [6, 6.07) is 0. The Kier molecular flexibility index (Phi) is 6.17. The van der Waals surface area contributed by atoms with Gasteiger partial charge in [-0.2, -0.15) is 18.3 Å². The minimum absolute atomic E-state index is 0.237. The number of aromatic nitrogens is 2. The molecule has 1 amide bonds. The number of alkyl halides is 3. The van der Waals surface area contributed by atoms with Crippen molar-refractivity contribution in [2.24, 2.45) is 17.8 Å². The fourth-order valence-electron chi connectivity index (χ4n) is 5.33. The smallest absolute Gasteiger partial charge is 0.337 e. The number of nitrogens with zero attached hydrogens (tertiary/aromatic N) is 3. The lowest BCUT2D eigenvalue weighted by Gasteiger charge is -2.40. The largest absolute Gasteiger partial charge is 0.415 e. The molecule has 2 unspecified atom stereocenters. The number of likely N-dealkylation sites (N-methyl/N-ethyl adjacent to an activating group) is 1. The number of hydrogen-bond acceptors (Lipinski definition) is 3. The zero-order valence-corrected chi connectivity index (χ0v) is 18.1. The van der Waals surface area contributed by atoms with Gasteiger partial charge in [-0.25, -0.2) is 8.78 Å². The summed E-state index contributed by atoms with van der Waals surface area (Å²) in [6.45, 7) is 6.44. The third-order valence-corrected chi connectivity index (χ3v) is 7.06. The van der Waals surface area contributed by atoms with Crippen LogP contribution in [0.2, 0.25) is 0 Å². The first-order valence-electron chi connectivity index (χ1n) is 11.0. The minimum Gasteiger partial charge on any atom is -0.337 e. The summed E-state index contributed by atoms with van der Waals surface area (Å²) >= 11 is 0. The van der Waals surface area contributed by atoms with Crippen molar-refractivity contribution in [2.45, 2.75) is 45.8 Å². The van der Waals surface area contributed by atoms with Crippen LogP contribution in [0, 0.1) is 17.8 Å². The highest BCUT2D eigenvalue weighted by Crippen LogP contribution is 2.49. The van der Waals surface area contributed by atoms with E-state index >= 15 is 0 Å². The van der Waals surface area contributed by atoms with E-state index in [-0.39, 0.29) is 31.8 Å². The molecule has 1 aliphatic carbocycles. The maximum Gasteiger partial charge on any atom is 0.415 e. The molecule has 1 aromatic heterocycles. The van der Waals surface area contributed by atoms with Gasteiger partial charge in [0.25, 0.3) is 5.91 Å². The van der Waals surface area contributed by atoms with E-state index < -0.39 is 41.2 Å². The van der Waals surface area contributed by atoms with Crippen LogP contribution in [-0.2, 0) is 13.0 Å². The van der Waals surface area contributed by atoms with E-state index in [2.05, 4.69) is 22.0 Å². The molecule has 1 aromatic rings. The Balaban J connectivity index is 1.48. The number of halogens is 5. The number of carbonyl (C=O) groups excluding carboxylic acids is 1. The molecule has 176 valence electrons. The zero-order valence-electron chi connectivity index (χ0n) is 18.1. The summed E-state index contributed by atoms with van der Waals surface area (Å²) in [7, 11) is 0. The molecule has 2 atom stereocenters. The van der Waals surface area contributed by atoms with E-state index in [9.17, 15) is 26.7 Å². The van der Waals surface area contributed by atoms with Crippen LogP contribution in [0.1, 0.15) is 48.4 Å². The normalized spacial score (nSPS) is 25.7. The topological polar surface area (TPSA) is 52.2 Å². The monoisotopic (exact) mass is 458 g/mol. The molecule has 1 saturated heterocycles. The zero-order chi connectivity index (χ0) is 23.2. The molecule has 0 saturated carbocycles. The third kappa shape index (κ3) is 4.09. The quantitative estimate of drug-likeness (QED) is 0.677. The molecular formula is C22H27F5N4O. The summed E-state index contributed by atoms with van der Waals surface area (Å²) < 4.78 is 68.6. The summed E-state index contributed by atoms with van der Waals surface area (Å²) in [6.07, 6.45) is -2.65. The number of aromatic amines is 1. The SMILES string of the molecule is CCN1CCc2[nH]nc(C(=O)N3CCC(C4C(C(F)(F)F)=C(F)C(F)=CC4C)CC3)c2C1. The second kappa shape index (κ2) is 8.61. The molecule has 4 rings (SSSR count). The van der Waals surface area contributed by atoms with Crippen molar-refractivity contribution < 1.29 is 26.7 Å². The molecule has 10 heteroatoms. The van der Waals surface area contributed by atoms with Crippen molar-refractivity contribution in [3.05, 3.63) is 40.3 Å². The van der Waals surface area contributed by atoms with Crippen molar-refractivity contribution in [1.29, 1.82) is 0 Å². The fourth-order valence-corrected chi connectivity index (χ4v) is 5.33. The van der Waals surface area contributed by atoms with Gasteiger partial charge in [0.1, 0.15) is 0 Å². The van der Waals surface area contributed by atoms with Crippen LogP contribution >= 0.6 is 0 Å². The van der Waals surface area contributed by atoms with Gasteiger partial charge in [0.05, 0.1) is 5.57 Å². The lowest BCUT2D eigenvalue weighted by atomic mass is 9.70. The van der Waals surface area contributed by atoms with Crippen molar-refractivity contribution >= 4 is 5.91 Å². The molecule has 1 N–H and O–H groups in total. The van der Waals surface area contributed by atoms with Crippen molar-refractivity contribution in [2.75, 3.05) is 26.2 Å². The molecule has 0 radical (unpaired) electrons. The Bertz CT molecular complexity index is 943. The molecule has 0 aromatic carbocycles. The number of hydrogen-bond donors (Lipinski definition) is 1. The molecule has 2 aliphatic heterocycles. The Morgan fingerprint density at radius 1 is 1.22 bits per heavy atom. The average molecular weight is 458 g/mol. The van der Waals surface area contributed by atoms with Gasteiger partial charge in [-0.3, -0.25) is 14.8 Å². The summed E-state index contributed by atoms with van der Waals surface area (Å²) in [5.41, 5.74) is 0.801. The molecule has 5 nitrogen and oxygen atoms in total. The van der Waals surface area contributed by atoms with Crippen molar-refractivity contribution in [1.82, 2.24) is 20.0 Å². The van der Waals surface area contributed by atoms with Crippen molar-refractivity contribution in [3.8, 4) is 0 Å². The predicted molar refractivity (Wildman–Crippen MR) is 108 cm³/mol. The highest BCUT2D eigenvalue weighted by atomic mass is 19.4. The van der Waals surface area contributed by atoms with E-state index in [1.165, 1.54) is 6.92 Å². The number of amides is 1. The molecule has 3 heterocycles. The van der Waals surface area contributed by atoms with E-state index in [0.717, 1.165) is 36.8 Å². The van der Waals surface area contributed by atoms with Crippen LogP contribution in [0.5, 0.6) is 0 Å². The first-order valence-corrected chi connectivity index (χ1v) is 11.0. The maximum absolute atomic E-state index is 14.2. The second-order valence-corrected chi connectivity index (χ2v) is 8.90. The molecule has 1 fully saturated rings. The van der Waals surface area contributed by atoms with Crippen LogP contribution in [0.4, 0.5) is 22.0 Å². The van der Waals surface area contributed by atoms with Gasteiger partial charge < -0.3 is 4.90 Å². The van der Waals surface area contributed by atoms with Gasteiger partial charge in [0.15, 0.2) is 17.3 Å². The lowest BCUT2D eigenvalue weighted by Crippen LogP contribution is -2.43. The number of likely N-dealkylation sites (tertiary alicyclic amines) is 1. The van der Waals surface area contributed by atoms with Crippen LogP contribution < -0.4 is 0 Å². The first kappa shape index (κ1) is 22.9. The summed E-state index contributed by atoms with van der Waals surface area (Å²) in [4.78, 5) is 16.9. The third-order valence-electron chi connectivity index (χ3n) is 7.06. The molecule has 0 spiro atoms. The number of allylic oxidation sites excluding steroid dienone is 4. The van der Waals surface area contributed by atoms with E-state index in [0.29, 0.717) is 12.2 Å². The second-order valence-electron chi connectivity index (χ2n) is 8.90. The van der Waals surface area contributed by atoms with Gasteiger partial charge in [0, 0.05) is 49.8 Å². The van der Waals surface area contributed by atoms with E-state index in [4.69, 9.17) is 0 Å². The average Bonchev–Trinajstić information content (AvgIpc) is 3.18. The van der Waals surface area contributed by atoms with Gasteiger partial charge in [0.2, 0.25) is 0 Å². The number of carbonyl (C=O) groups is 1. The number of nitrogens with one attached hydrogen (secondary N) is 1. The highest BCUT2D eigenvalue weighted by molar-refractivity contribution is 5.94. The number of rotatable bonds is 3. The molecule has 0 bridgehead atoms. The fraction of sp³-hybridized carbons (Fsp3) is 0.636.